The van der Waals surface area contributed by atoms with Gasteiger partial charge in [-0.15, -0.1) is 0 Å². The first-order chi connectivity index (χ1) is 14.1. The molecule has 0 spiro atoms. The van der Waals surface area contributed by atoms with E-state index in [0.717, 1.165) is 10.9 Å². The monoisotopic (exact) mass is 387 g/mol. The number of hydrogen-bond donors (Lipinski definition) is 1. The zero-order valence-electron chi connectivity index (χ0n) is 15.5. The van der Waals surface area contributed by atoms with Gasteiger partial charge in [0.15, 0.2) is 0 Å². The Bertz CT molecular complexity index is 1220. The first-order valence-electron chi connectivity index (χ1n) is 9.22. The summed E-state index contributed by atoms with van der Waals surface area (Å²) < 4.78 is 14.3. The second-order valence-corrected chi connectivity index (χ2v) is 6.59. The van der Waals surface area contributed by atoms with Gasteiger partial charge in [-0.25, -0.2) is 9.07 Å². The van der Waals surface area contributed by atoms with E-state index in [0.29, 0.717) is 16.8 Å². The maximum atomic E-state index is 13.0. The highest BCUT2D eigenvalue weighted by atomic mass is 19.1. The molecule has 0 fully saturated rings. The lowest BCUT2D eigenvalue weighted by atomic mass is 10.1. The van der Waals surface area contributed by atoms with Crippen molar-refractivity contribution in [3.05, 3.63) is 95.0 Å². The summed E-state index contributed by atoms with van der Waals surface area (Å²) in [6.45, 7) is 0.135. The van der Waals surface area contributed by atoms with Crippen molar-refractivity contribution >= 4 is 22.4 Å². The first kappa shape index (κ1) is 18.6. The summed E-state index contributed by atoms with van der Waals surface area (Å²) in [6.07, 6.45) is 0.0663. The van der Waals surface area contributed by atoms with Crippen LogP contribution in [0.15, 0.2) is 83.7 Å². The molecule has 0 aliphatic rings. The predicted molar refractivity (Wildman–Crippen MR) is 111 cm³/mol. The van der Waals surface area contributed by atoms with E-state index >= 15 is 0 Å². The van der Waals surface area contributed by atoms with Gasteiger partial charge in [-0.05, 0) is 30.3 Å². The average molecular weight is 387 g/mol. The van der Waals surface area contributed by atoms with E-state index in [9.17, 15) is 14.0 Å². The van der Waals surface area contributed by atoms with E-state index in [1.165, 1.54) is 28.9 Å². The zero-order valence-corrected chi connectivity index (χ0v) is 15.5. The standard InChI is InChI=1S/C23H18FN3O2/c24-17-10-12-18(13-11-17)25-21(28)14-15-27-23(29)20-9-5-4-8-19(20)22(26-27)16-6-2-1-3-7-16/h1-13H,14-15H2,(H,25,28). The van der Waals surface area contributed by atoms with E-state index in [4.69, 9.17) is 0 Å². The Morgan fingerprint density at radius 2 is 1.55 bits per heavy atom. The Labute approximate surface area is 166 Å². The van der Waals surface area contributed by atoms with Gasteiger partial charge in [0.25, 0.3) is 5.56 Å². The molecule has 0 radical (unpaired) electrons. The Balaban J connectivity index is 1.62. The molecule has 144 valence electrons. The summed E-state index contributed by atoms with van der Waals surface area (Å²) in [7, 11) is 0. The Kier molecular flexibility index (Phi) is 5.16. The molecule has 0 saturated heterocycles. The summed E-state index contributed by atoms with van der Waals surface area (Å²) in [4.78, 5) is 25.1. The van der Waals surface area contributed by atoms with Crippen molar-refractivity contribution in [3.8, 4) is 11.3 Å². The fourth-order valence-corrected chi connectivity index (χ4v) is 3.16. The van der Waals surface area contributed by atoms with Crippen LogP contribution < -0.4 is 10.9 Å². The van der Waals surface area contributed by atoms with Gasteiger partial charge in [0.2, 0.25) is 5.91 Å². The molecule has 1 heterocycles. The molecule has 0 unspecified atom stereocenters. The van der Waals surface area contributed by atoms with Crippen LogP contribution in [-0.4, -0.2) is 15.7 Å². The van der Waals surface area contributed by atoms with Crippen LogP contribution in [0.1, 0.15) is 6.42 Å². The average Bonchev–Trinajstić information content (AvgIpc) is 2.76. The van der Waals surface area contributed by atoms with Crippen molar-refractivity contribution in [2.75, 3.05) is 5.32 Å². The molecule has 1 aromatic heterocycles. The van der Waals surface area contributed by atoms with Crippen molar-refractivity contribution in [1.82, 2.24) is 9.78 Å². The summed E-state index contributed by atoms with van der Waals surface area (Å²) >= 11 is 0. The van der Waals surface area contributed by atoms with Gasteiger partial charge in [-0.3, -0.25) is 9.59 Å². The fourth-order valence-electron chi connectivity index (χ4n) is 3.16. The molecular weight excluding hydrogens is 369 g/mol. The SMILES string of the molecule is O=C(CCn1nc(-c2ccccc2)c2ccccc2c1=O)Nc1ccc(F)cc1. The van der Waals surface area contributed by atoms with Gasteiger partial charge >= 0.3 is 0 Å². The molecule has 4 rings (SSSR count). The van der Waals surface area contributed by atoms with Crippen molar-refractivity contribution in [3.63, 3.8) is 0 Å². The Hall–Kier alpha value is -3.80. The lowest BCUT2D eigenvalue weighted by Crippen LogP contribution is -2.26. The molecule has 1 N–H and O–H groups in total. The molecule has 0 saturated carbocycles. The quantitative estimate of drug-likeness (QED) is 0.557. The Morgan fingerprint density at radius 1 is 0.897 bits per heavy atom. The van der Waals surface area contributed by atoms with E-state index in [-0.39, 0.29) is 30.2 Å². The maximum absolute atomic E-state index is 13.0. The van der Waals surface area contributed by atoms with Crippen molar-refractivity contribution in [2.24, 2.45) is 0 Å². The summed E-state index contributed by atoms with van der Waals surface area (Å²) in [5.74, 6) is -0.650. The minimum absolute atomic E-state index is 0.0663. The van der Waals surface area contributed by atoms with Crippen LogP contribution in [0.3, 0.4) is 0 Å². The summed E-state index contributed by atoms with van der Waals surface area (Å²) in [6, 6.07) is 22.5. The number of rotatable bonds is 5. The number of carbonyl (C=O) groups excluding carboxylic acids is 1. The van der Waals surface area contributed by atoms with Crippen LogP contribution in [0, 0.1) is 5.82 Å². The molecule has 5 nitrogen and oxygen atoms in total. The van der Waals surface area contributed by atoms with Crippen LogP contribution in [0.2, 0.25) is 0 Å². The van der Waals surface area contributed by atoms with Gasteiger partial charge in [0.05, 0.1) is 17.6 Å². The van der Waals surface area contributed by atoms with E-state index < -0.39 is 0 Å². The van der Waals surface area contributed by atoms with Crippen molar-refractivity contribution in [2.45, 2.75) is 13.0 Å². The topological polar surface area (TPSA) is 64.0 Å². The smallest absolute Gasteiger partial charge is 0.274 e. The third kappa shape index (κ3) is 4.06. The molecule has 0 atom stereocenters. The van der Waals surface area contributed by atoms with Gasteiger partial charge < -0.3 is 5.32 Å². The molecule has 29 heavy (non-hydrogen) atoms. The zero-order chi connectivity index (χ0) is 20.2. The number of aryl methyl sites for hydroxylation is 1. The number of hydrogen-bond acceptors (Lipinski definition) is 3. The minimum Gasteiger partial charge on any atom is -0.326 e. The van der Waals surface area contributed by atoms with Gasteiger partial charge in [0.1, 0.15) is 5.82 Å². The maximum Gasteiger partial charge on any atom is 0.274 e. The molecule has 3 aromatic carbocycles. The number of anilines is 1. The number of aromatic nitrogens is 2. The number of halogens is 1. The van der Waals surface area contributed by atoms with Crippen LogP contribution in [0.5, 0.6) is 0 Å². The molecule has 0 bridgehead atoms. The van der Waals surface area contributed by atoms with Gasteiger partial charge in [-0.1, -0.05) is 48.5 Å². The van der Waals surface area contributed by atoms with Gasteiger partial charge in [-0.2, -0.15) is 5.10 Å². The molecule has 4 aromatic rings. The van der Waals surface area contributed by atoms with Crippen LogP contribution >= 0.6 is 0 Å². The van der Waals surface area contributed by atoms with Crippen LogP contribution in [0.4, 0.5) is 10.1 Å². The number of amides is 1. The third-order valence-corrected chi connectivity index (χ3v) is 4.59. The summed E-state index contributed by atoms with van der Waals surface area (Å²) in [5, 5.41) is 8.56. The highest BCUT2D eigenvalue weighted by molar-refractivity contribution is 5.94. The van der Waals surface area contributed by atoms with Gasteiger partial charge in [0, 0.05) is 23.1 Å². The molecular formula is C23H18FN3O2. The first-order valence-corrected chi connectivity index (χ1v) is 9.22. The van der Waals surface area contributed by atoms with E-state index in [1.54, 1.807) is 6.07 Å². The predicted octanol–water partition coefficient (Wildman–Crippen LogP) is 4.23. The van der Waals surface area contributed by atoms with Crippen molar-refractivity contribution in [1.29, 1.82) is 0 Å². The fraction of sp³-hybridized carbons (Fsp3) is 0.0870. The minimum atomic E-state index is -0.372. The number of fused-ring (bicyclic) bond motifs is 1. The lowest BCUT2D eigenvalue weighted by Gasteiger charge is -2.11. The number of carbonyl (C=O) groups is 1. The lowest BCUT2D eigenvalue weighted by molar-refractivity contribution is -0.116. The molecule has 0 aliphatic carbocycles. The van der Waals surface area contributed by atoms with Crippen molar-refractivity contribution < 1.29 is 9.18 Å². The Morgan fingerprint density at radius 3 is 2.28 bits per heavy atom. The number of benzene rings is 3. The second kappa shape index (κ2) is 8.06. The molecule has 0 aliphatic heterocycles. The number of nitrogens with zero attached hydrogens (tertiary/aromatic N) is 2. The van der Waals surface area contributed by atoms with Crippen LogP contribution in [-0.2, 0) is 11.3 Å². The third-order valence-electron chi connectivity index (χ3n) is 4.59. The molecule has 6 heteroatoms. The van der Waals surface area contributed by atoms with Crippen LogP contribution in [0.25, 0.3) is 22.0 Å². The molecule has 1 amide bonds. The second-order valence-electron chi connectivity index (χ2n) is 6.59. The summed E-state index contributed by atoms with van der Waals surface area (Å²) in [5.41, 5.74) is 1.85. The van der Waals surface area contributed by atoms with E-state index in [1.807, 2.05) is 48.5 Å². The van der Waals surface area contributed by atoms with E-state index in [2.05, 4.69) is 10.4 Å². The number of nitrogens with one attached hydrogen (secondary N) is 1. The highest BCUT2D eigenvalue weighted by Gasteiger charge is 2.13. The largest absolute Gasteiger partial charge is 0.326 e. The highest BCUT2D eigenvalue weighted by Crippen LogP contribution is 2.24. The normalized spacial score (nSPS) is 10.8.